The molecule has 0 saturated heterocycles. The minimum Gasteiger partial charge on any atom is -0.464 e. The highest BCUT2D eigenvalue weighted by Gasteiger charge is 2.03. The van der Waals surface area contributed by atoms with Crippen molar-refractivity contribution in [3.63, 3.8) is 0 Å². The lowest BCUT2D eigenvalue weighted by molar-refractivity contribution is 0.615. The lowest BCUT2D eigenvalue weighted by Gasteiger charge is -2.05. The predicted octanol–water partition coefficient (Wildman–Crippen LogP) is 2.62. The van der Waals surface area contributed by atoms with Gasteiger partial charge in [-0.25, -0.2) is 0 Å². The predicted molar refractivity (Wildman–Crippen MR) is 53.3 cm³/mol. The van der Waals surface area contributed by atoms with Gasteiger partial charge in [0.15, 0.2) is 0 Å². The molecule has 1 atom stereocenters. The first-order valence-electron chi connectivity index (χ1n) is 4.16. The molecule has 66 valence electrons. The van der Waals surface area contributed by atoms with Gasteiger partial charge in [0.25, 0.3) is 0 Å². The monoisotopic (exact) mass is 173 g/mol. The maximum Gasteiger partial charge on any atom is 0.134 e. The van der Waals surface area contributed by atoms with E-state index in [2.05, 4.69) is 6.58 Å². The van der Waals surface area contributed by atoms with Gasteiger partial charge in [-0.3, -0.25) is 0 Å². The molecule has 2 N–H and O–H groups in total. The first-order valence-corrected chi connectivity index (χ1v) is 4.16. The molecule has 0 radical (unpaired) electrons. The quantitative estimate of drug-likeness (QED) is 0.709. The molecule has 2 heteroatoms. The molecule has 13 heavy (non-hydrogen) atoms. The topological polar surface area (TPSA) is 39.2 Å². The minimum atomic E-state index is -0.116. The second-order valence-electron chi connectivity index (χ2n) is 2.98. The molecule has 1 heterocycles. The molecule has 1 aromatic carbocycles. The average molecular weight is 173 g/mol. The van der Waals surface area contributed by atoms with Crippen molar-refractivity contribution in [2.75, 3.05) is 0 Å². The Morgan fingerprint density at radius 1 is 1.38 bits per heavy atom. The summed E-state index contributed by atoms with van der Waals surface area (Å²) in [5, 5.41) is 1.10. The summed E-state index contributed by atoms with van der Waals surface area (Å²) < 4.78 is 5.26. The van der Waals surface area contributed by atoms with E-state index in [0.29, 0.717) is 0 Å². The van der Waals surface area contributed by atoms with Crippen LogP contribution in [-0.4, -0.2) is 0 Å². The third-order valence-corrected chi connectivity index (χ3v) is 2.12. The van der Waals surface area contributed by atoms with Crippen LogP contribution in [0.2, 0.25) is 0 Å². The van der Waals surface area contributed by atoms with E-state index in [1.165, 1.54) is 0 Å². The molecule has 0 amide bonds. The third-order valence-electron chi connectivity index (χ3n) is 2.12. The second-order valence-corrected chi connectivity index (χ2v) is 2.98. The summed E-state index contributed by atoms with van der Waals surface area (Å²) in [5.41, 5.74) is 7.69. The number of hydrogen-bond donors (Lipinski definition) is 1. The van der Waals surface area contributed by atoms with Crippen LogP contribution in [-0.2, 0) is 0 Å². The zero-order chi connectivity index (χ0) is 9.26. The van der Waals surface area contributed by atoms with Crippen LogP contribution in [0.25, 0.3) is 11.0 Å². The average Bonchev–Trinajstić information content (AvgIpc) is 2.63. The van der Waals surface area contributed by atoms with E-state index in [4.69, 9.17) is 10.2 Å². The normalized spacial score (nSPS) is 13.0. The van der Waals surface area contributed by atoms with Crippen molar-refractivity contribution in [2.24, 2.45) is 5.73 Å². The van der Waals surface area contributed by atoms with Crippen LogP contribution in [0.4, 0.5) is 0 Å². The Morgan fingerprint density at radius 3 is 3.00 bits per heavy atom. The van der Waals surface area contributed by atoms with Crippen molar-refractivity contribution in [3.05, 3.63) is 48.7 Å². The van der Waals surface area contributed by atoms with Gasteiger partial charge < -0.3 is 10.2 Å². The molecule has 0 aliphatic carbocycles. The lowest BCUT2D eigenvalue weighted by Crippen LogP contribution is -2.05. The molecule has 0 bridgehead atoms. The molecule has 0 saturated carbocycles. The molecular weight excluding hydrogens is 162 g/mol. The van der Waals surface area contributed by atoms with Gasteiger partial charge in [-0.2, -0.15) is 0 Å². The van der Waals surface area contributed by atoms with Crippen LogP contribution >= 0.6 is 0 Å². The number of nitrogens with two attached hydrogens (primary N) is 1. The van der Waals surface area contributed by atoms with Crippen molar-refractivity contribution in [2.45, 2.75) is 6.04 Å². The van der Waals surface area contributed by atoms with Crippen LogP contribution in [0.1, 0.15) is 11.6 Å². The summed E-state index contributed by atoms with van der Waals surface area (Å²) in [4.78, 5) is 0. The van der Waals surface area contributed by atoms with E-state index in [1.807, 2.05) is 24.3 Å². The van der Waals surface area contributed by atoms with Crippen molar-refractivity contribution in [1.29, 1.82) is 0 Å². The molecule has 2 nitrogen and oxygen atoms in total. The summed E-state index contributed by atoms with van der Waals surface area (Å²) in [6.07, 6.45) is 3.39. The zero-order valence-corrected chi connectivity index (χ0v) is 7.23. The lowest BCUT2D eigenvalue weighted by atomic mass is 10.1. The number of hydrogen-bond acceptors (Lipinski definition) is 2. The maximum absolute atomic E-state index is 5.79. The summed E-state index contributed by atoms with van der Waals surface area (Å²) in [7, 11) is 0. The molecule has 2 rings (SSSR count). The smallest absolute Gasteiger partial charge is 0.134 e. The Morgan fingerprint density at radius 2 is 2.23 bits per heavy atom. The van der Waals surface area contributed by atoms with E-state index >= 15 is 0 Å². The van der Waals surface area contributed by atoms with Crippen molar-refractivity contribution in [1.82, 2.24) is 0 Å². The van der Waals surface area contributed by atoms with Gasteiger partial charge in [0.05, 0.1) is 6.26 Å². The summed E-state index contributed by atoms with van der Waals surface area (Å²) in [6, 6.07) is 7.75. The van der Waals surface area contributed by atoms with E-state index in [1.54, 1.807) is 12.3 Å². The van der Waals surface area contributed by atoms with Gasteiger partial charge >= 0.3 is 0 Å². The van der Waals surface area contributed by atoms with E-state index in [-0.39, 0.29) is 6.04 Å². The number of rotatable bonds is 2. The van der Waals surface area contributed by atoms with Gasteiger partial charge in [0.2, 0.25) is 0 Å². The number of fused-ring (bicyclic) bond motifs is 1. The molecule has 0 aliphatic rings. The van der Waals surface area contributed by atoms with Crippen LogP contribution in [0.15, 0.2) is 47.6 Å². The Labute approximate surface area is 76.7 Å². The van der Waals surface area contributed by atoms with E-state index < -0.39 is 0 Å². The molecule has 0 fully saturated rings. The van der Waals surface area contributed by atoms with Gasteiger partial charge in [0, 0.05) is 11.4 Å². The highest BCUT2D eigenvalue weighted by molar-refractivity contribution is 5.77. The number of benzene rings is 1. The fraction of sp³-hybridized carbons (Fsp3) is 0.0909. The second kappa shape index (κ2) is 3.07. The first-order chi connectivity index (χ1) is 6.31. The largest absolute Gasteiger partial charge is 0.464 e. The van der Waals surface area contributed by atoms with Gasteiger partial charge in [0.1, 0.15) is 5.58 Å². The Kier molecular flexibility index (Phi) is 1.91. The van der Waals surface area contributed by atoms with Crippen molar-refractivity contribution >= 4 is 11.0 Å². The standard InChI is InChI=1S/C11H11NO/c1-2-10(12)9-4-3-8-5-6-13-11(8)7-9/h2-7,10H,1,12H2/t10-/m1/s1. The summed E-state index contributed by atoms with van der Waals surface area (Å²) >= 11 is 0. The SMILES string of the molecule is C=C[C@@H](N)c1ccc2ccoc2c1. The summed E-state index contributed by atoms with van der Waals surface area (Å²) in [6.45, 7) is 3.65. The highest BCUT2D eigenvalue weighted by Crippen LogP contribution is 2.20. The van der Waals surface area contributed by atoms with Crippen LogP contribution in [0, 0.1) is 0 Å². The molecule has 0 unspecified atom stereocenters. The Balaban J connectivity index is 2.53. The Bertz CT molecular complexity index is 430. The van der Waals surface area contributed by atoms with Crippen LogP contribution in [0.5, 0.6) is 0 Å². The third kappa shape index (κ3) is 1.36. The highest BCUT2D eigenvalue weighted by atomic mass is 16.3. The van der Waals surface area contributed by atoms with Crippen LogP contribution in [0.3, 0.4) is 0 Å². The van der Waals surface area contributed by atoms with E-state index in [0.717, 1.165) is 16.5 Å². The fourth-order valence-corrected chi connectivity index (χ4v) is 1.31. The summed E-state index contributed by atoms with van der Waals surface area (Å²) in [5.74, 6) is 0. The molecule has 2 aromatic rings. The van der Waals surface area contributed by atoms with Gasteiger partial charge in [-0.15, -0.1) is 6.58 Å². The van der Waals surface area contributed by atoms with Crippen molar-refractivity contribution in [3.8, 4) is 0 Å². The minimum absolute atomic E-state index is 0.116. The zero-order valence-electron chi connectivity index (χ0n) is 7.23. The maximum atomic E-state index is 5.79. The molecule has 1 aromatic heterocycles. The fourth-order valence-electron chi connectivity index (χ4n) is 1.31. The van der Waals surface area contributed by atoms with Gasteiger partial charge in [-0.05, 0) is 17.7 Å². The van der Waals surface area contributed by atoms with Crippen molar-refractivity contribution < 1.29 is 4.42 Å². The number of furan rings is 1. The Hall–Kier alpha value is -1.54. The molecule has 0 spiro atoms. The van der Waals surface area contributed by atoms with Crippen LogP contribution < -0.4 is 5.73 Å². The molecule has 0 aliphatic heterocycles. The van der Waals surface area contributed by atoms with E-state index in [9.17, 15) is 0 Å². The van der Waals surface area contributed by atoms with Gasteiger partial charge in [-0.1, -0.05) is 18.2 Å². The first kappa shape index (κ1) is 8.08. The molecular formula is C11H11NO.